The number of primary amides is 1. The molecular formula is C14H14BrCl2N3O3S. The van der Waals surface area contributed by atoms with Gasteiger partial charge in [-0.3, -0.25) is 10.2 Å². The van der Waals surface area contributed by atoms with Gasteiger partial charge in [0.25, 0.3) is 5.91 Å². The number of amides is 1. The van der Waals surface area contributed by atoms with Crippen molar-refractivity contribution < 1.29 is 13.2 Å². The van der Waals surface area contributed by atoms with E-state index >= 15 is 0 Å². The Morgan fingerprint density at radius 1 is 1.38 bits per heavy atom. The number of nitrogens with one attached hydrogen (secondary N) is 1. The molecule has 0 saturated heterocycles. The van der Waals surface area contributed by atoms with Crippen molar-refractivity contribution in [2.75, 3.05) is 6.26 Å². The molecular weight excluding hydrogens is 441 g/mol. The fourth-order valence-electron chi connectivity index (χ4n) is 2.06. The molecule has 0 bridgehead atoms. The van der Waals surface area contributed by atoms with Gasteiger partial charge in [0.05, 0.1) is 15.5 Å². The van der Waals surface area contributed by atoms with Crippen molar-refractivity contribution in [3.05, 3.63) is 56.6 Å². The number of carbonyl (C=O) groups excluding carboxylic acids is 1. The molecule has 10 heteroatoms. The third-order valence-electron chi connectivity index (χ3n) is 3.12. The predicted molar refractivity (Wildman–Crippen MR) is 97.4 cm³/mol. The summed E-state index contributed by atoms with van der Waals surface area (Å²) in [6.07, 6.45) is 2.63. The van der Waals surface area contributed by atoms with E-state index in [1.54, 1.807) is 12.1 Å². The number of aromatic nitrogens is 1. The molecule has 3 N–H and O–H groups in total. The van der Waals surface area contributed by atoms with Crippen LogP contribution in [-0.2, 0) is 16.4 Å². The van der Waals surface area contributed by atoms with Gasteiger partial charge >= 0.3 is 0 Å². The molecule has 1 aromatic carbocycles. The van der Waals surface area contributed by atoms with E-state index in [2.05, 4.69) is 15.9 Å². The van der Waals surface area contributed by atoms with Crippen LogP contribution in [0.1, 0.15) is 15.9 Å². The second-order valence-electron chi connectivity index (χ2n) is 4.95. The van der Waals surface area contributed by atoms with Gasteiger partial charge in [-0.25, -0.2) is 8.42 Å². The Bertz CT molecular complexity index is 958. The van der Waals surface area contributed by atoms with Gasteiger partial charge in [0.15, 0.2) is 9.84 Å². The van der Waals surface area contributed by atoms with E-state index in [1.807, 2.05) is 0 Å². The molecule has 1 aromatic heterocycles. The van der Waals surface area contributed by atoms with E-state index in [0.717, 1.165) is 11.8 Å². The summed E-state index contributed by atoms with van der Waals surface area (Å²) in [6, 6.07) is 6.11. The largest absolute Gasteiger partial charge is 0.365 e. The van der Waals surface area contributed by atoms with Crippen LogP contribution in [0, 0.1) is 5.41 Å². The summed E-state index contributed by atoms with van der Waals surface area (Å²) in [5.41, 5.74) is 5.92. The zero-order chi connectivity index (χ0) is 17.4. The first-order chi connectivity index (χ1) is 10.6. The molecule has 0 aliphatic carbocycles. The lowest BCUT2D eigenvalue weighted by Gasteiger charge is -2.11. The Hall–Kier alpha value is -1.35. The van der Waals surface area contributed by atoms with Crippen LogP contribution in [0.3, 0.4) is 0 Å². The molecule has 0 unspecified atom stereocenters. The maximum Gasteiger partial charge on any atom is 0.252 e. The number of benzene rings is 1. The minimum Gasteiger partial charge on any atom is -0.365 e. The topological polar surface area (TPSA) is 106 Å². The Balaban J connectivity index is 0.00000288. The number of halogens is 3. The maximum absolute atomic E-state index is 11.6. The molecule has 1 amide bonds. The highest BCUT2D eigenvalue weighted by Gasteiger charge is 2.13. The number of sulfone groups is 1. The zero-order valence-electron chi connectivity index (χ0n) is 12.4. The maximum atomic E-state index is 11.6. The van der Waals surface area contributed by atoms with Crippen molar-refractivity contribution in [3.63, 3.8) is 0 Å². The van der Waals surface area contributed by atoms with Crippen LogP contribution < -0.4 is 11.2 Å². The van der Waals surface area contributed by atoms with E-state index in [4.69, 9.17) is 22.7 Å². The standard InChI is InChI=1S/C14H13BrClN3O3S.ClH/c1-23(21,22)12-3-2-8(4-11(12)15)6-19-7-9(16)5-10(13(19)17)14(18)20;/h2-5,7,17H,6H2,1H3,(H2,18,20);1H. The second kappa shape index (κ2) is 7.69. The molecule has 1 heterocycles. The first kappa shape index (κ1) is 20.7. The van der Waals surface area contributed by atoms with Crippen LogP contribution in [0.15, 0.2) is 39.8 Å². The molecule has 0 fully saturated rings. The van der Waals surface area contributed by atoms with E-state index in [0.29, 0.717) is 4.47 Å². The lowest BCUT2D eigenvalue weighted by atomic mass is 10.2. The van der Waals surface area contributed by atoms with E-state index < -0.39 is 15.7 Å². The number of hydrogen-bond acceptors (Lipinski definition) is 4. The summed E-state index contributed by atoms with van der Waals surface area (Å²) >= 11 is 9.18. The predicted octanol–water partition coefficient (Wildman–Crippen LogP) is 2.36. The first-order valence-electron chi connectivity index (χ1n) is 6.32. The van der Waals surface area contributed by atoms with Gasteiger partial charge in [-0.15, -0.1) is 12.4 Å². The quantitative estimate of drug-likeness (QED) is 0.740. The summed E-state index contributed by atoms with van der Waals surface area (Å²) < 4.78 is 25.1. The average Bonchev–Trinajstić information content (AvgIpc) is 2.40. The van der Waals surface area contributed by atoms with Gasteiger partial charge in [-0.05, 0) is 39.7 Å². The molecule has 0 radical (unpaired) electrons. The Kier molecular flexibility index (Phi) is 6.63. The van der Waals surface area contributed by atoms with Crippen LogP contribution >= 0.6 is 39.9 Å². The van der Waals surface area contributed by atoms with Gasteiger partial charge in [0.2, 0.25) is 0 Å². The van der Waals surface area contributed by atoms with Crippen LogP contribution in [0.25, 0.3) is 0 Å². The molecule has 24 heavy (non-hydrogen) atoms. The number of nitrogens with zero attached hydrogens (tertiary/aromatic N) is 1. The summed E-state index contributed by atoms with van der Waals surface area (Å²) in [4.78, 5) is 11.5. The molecule has 0 atom stereocenters. The minimum absolute atomic E-state index is 0. The fourth-order valence-corrected chi connectivity index (χ4v) is 4.33. The summed E-state index contributed by atoms with van der Waals surface area (Å²) in [6.45, 7) is 0.238. The highest BCUT2D eigenvalue weighted by molar-refractivity contribution is 9.10. The SMILES string of the molecule is CS(=O)(=O)c1ccc(Cn2cc(Cl)cc(C(N)=O)c2=N)cc1Br.Cl. The van der Waals surface area contributed by atoms with Crippen LogP contribution in [-0.4, -0.2) is 25.1 Å². The van der Waals surface area contributed by atoms with E-state index in [-0.39, 0.29) is 39.9 Å². The number of nitrogens with two attached hydrogens (primary N) is 1. The Labute approximate surface area is 158 Å². The average molecular weight is 455 g/mol. The second-order valence-corrected chi connectivity index (χ2v) is 8.22. The molecule has 130 valence electrons. The van der Waals surface area contributed by atoms with Crippen molar-refractivity contribution in [2.45, 2.75) is 11.4 Å². The molecule has 6 nitrogen and oxygen atoms in total. The van der Waals surface area contributed by atoms with Crippen molar-refractivity contribution in [3.8, 4) is 0 Å². The normalized spacial score (nSPS) is 11.0. The summed E-state index contributed by atoms with van der Waals surface area (Å²) in [5, 5.41) is 8.29. The molecule has 0 aliphatic heterocycles. The fraction of sp³-hybridized carbons (Fsp3) is 0.143. The summed E-state index contributed by atoms with van der Waals surface area (Å²) in [7, 11) is -3.33. The van der Waals surface area contributed by atoms with Gasteiger partial charge in [-0.1, -0.05) is 17.7 Å². The summed E-state index contributed by atoms with van der Waals surface area (Å²) in [5.74, 6) is -0.736. The minimum atomic E-state index is -3.33. The van der Waals surface area contributed by atoms with Gasteiger partial charge < -0.3 is 10.3 Å². The van der Waals surface area contributed by atoms with Gasteiger partial charge in [-0.2, -0.15) is 0 Å². The number of rotatable bonds is 4. The molecule has 0 aliphatic rings. The molecule has 2 aromatic rings. The van der Waals surface area contributed by atoms with Crippen LogP contribution in [0.2, 0.25) is 5.02 Å². The smallest absolute Gasteiger partial charge is 0.252 e. The Morgan fingerprint density at radius 2 is 2.00 bits per heavy atom. The van der Waals surface area contributed by atoms with Crippen molar-refractivity contribution >= 4 is 55.7 Å². The van der Waals surface area contributed by atoms with E-state index in [1.165, 1.54) is 22.9 Å². The van der Waals surface area contributed by atoms with Crippen molar-refractivity contribution in [1.29, 1.82) is 5.41 Å². The third-order valence-corrected chi connectivity index (χ3v) is 5.40. The highest BCUT2D eigenvalue weighted by Crippen LogP contribution is 2.23. The molecule has 0 spiro atoms. The highest BCUT2D eigenvalue weighted by atomic mass is 79.9. The van der Waals surface area contributed by atoms with Gasteiger partial charge in [0.1, 0.15) is 5.49 Å². The van der Waals surface area contributed by atoms with Crippen LogP contribution in [0.4, 0.5) is 0 Å². The zero-order valence-corrected chi connectivity index (χ0v) is 16.4. The number of hydrogen-bond donors (Lipinski definition) is 2. The van der Waals surface area contributed by atoms with Crippen LogP contribution in [0.5, 0.6) is 0 Å². The third kappa shape index (κ3) is 4.60. The van der Waals surface area contributed by atoms with E-state index in [9.17, 15) is 13.2 Å². The Morgan fingerprint density at radius 3 is 2.50 bits per heavy atom. The first-order valence-corrected chi connectivity index (χ1v) is 9.38. The van der Waals surface area contributed by atoms with Gasteiger partial charge in [0, 0.05) is 23.5 Å². The molecule has 2 rings (SSSR count). The number of carbonyl (C=O) groups is 1. The van der Waals surface area contributed by atoms with Crippen molar-refractivity contribution in [2.24, 2.45) is 5.73 Å². The lowest BCUT2D eigenvalue weighted by molar-refractivity contribution is 0.0997. The molecule has 0 saturated carbocycles. The van der Waals surface area contributed by atoms with Crippen molar-refractivity contribution in [1.82, 2.24) is 4.57 Å². The number of pyridine rings is 1. The lowest BCUT2D eigenvalue weighted by Crippen LogP contribution is -2.29. The monoisotopic (exact) mass is 453 g/mol.